The van der Waals surface area contributed by atoms with Gasteiger partial charge >= 0.3 is 0 Å². The molecular weight excluding hydrogens is 422 g/mol. The van der Waals surface area contributed by atoms with Gasteiger partial charge in [-0.1, -0.05) is 0 Å². The number of carbonyl (C=O) groups excluding carboxylic acids is 1. The van der Waals surface area contributed by atoms with Gasteiger partial charge in [-0.15, -0.1) is 0 Å². The predicted octanol–water partition coefficient (Wildman–Crippen LogP) is 2.66. The lowest BCUT2D eigenvalue weighted by Crippen LogP contribution is -2.27. The van der Waals surface area contributed by atoms with Crippen molar-refractivity contribution in [3.63, 3.8) is 0 Å². The molecule has 0 unspecified atom stereocenters. The van der Waals surface area contributed by atoms with E-state index in [4.69, 9.17) is 0 Å². The molecule has 31 heavy (non-hydrogen) atoms. The number of nitro groups is 1. The molecule has 0 spiro atoms. The molecule has 0 aliphatic carbocycles. The van der Waals surface area contributed by atoms with E-state index in [0.717, 1.165) is 11.8 Å². The molecule has 0 atom stereocenters. The van der Waals surface area contributed by atoms with Gasteiger partial charge in [0.2, 0.25) is 10.0 Å². The summed E-state index contributed by atoms with van der Waals surface area (Å²) in [7, 11) is -3.36. The van der Waals surface area contributed by atoms with Gasteiger partial charge in [-0.2, -0.15) is 5.10 Å². The Kier molecular flexibility index (Phi) is 4.97. The number of rotatable bonds is 5. The Morgan fingerprint density at radius 1 is 1.16 bits per heavy atom. The summed E-state index contributed by atoms with van der Waals surface area (Å²) in [4.78, 5) is 23.2. The maximum absolute atomic E-state index is 12.9. The molecule has 3 aromatic rings. The van der Waals surface area contributed by atoms with Crippen LogP contribution in [-0.4, -0.2) is 41.8 Å². The van der Waals surface area contributed by atoms with E-state index < -0.39 is 14.9 Å². The molecule has 2 heterocycles. The highest BCUT2D eigenvalue weighted by molar-refractivity contribution is 7.92. The molecule has 4 rings (SSSR count). The van der Waals surface area contributed by atoms with Crippen molar-refractivity contribution in [2.24, 2.45) is 0 Å². The number of aromatic nitrogens is 2. The number of aryl methyl sites for hydroxylation is 1. The number of fused-ring (bicyclic) bond motifs is 1. The highest BCUT2D eigenvalue weighted by Crippen LogP contribution is 2.31. The Morgan fingerprint density at radius 3 is 2.52 bits per heavy atom. The number of benzene rings is 2. The second kappa shape index (κ2) is 7.51. The molecule has 2 aromatic carbocycles. The van der Waals surface area contributed by atoms with Gasteiger partial charge in [0.05, 0.1) is 28.2 Å². The first-order valence-corrected chi connectivity index (χ1v) is 11.2. The monoisotopic (exact) mass is 441 g/mol. The number of sulfonamides is 1. The van der Waals surface area contributed by atoms with Crippen LogP contribution in [0.2, 0.25) is 0 Å². The molecule has 11 heteroatoms. The number of nitro benzene ring substituents is 1. The summed E-state index contributed by atoms with van der Waals surface area (Å²) in [6.07, 6.45) is 1.69. The molecule has 1 aliphatic rings. The van der Waals surface area contributed by atoms with Crippen LogP contribution in [0.3, 0.4) is 0 Å². The summed E-state index contributed by atoms with van der Waals surface area (Å²) in [5, 5.41) is 18.0. The predicted molar refractivity (Wildman–Crippen MR) is 115 cm³/mol. The lowest BCUT2D eigenvalue weighted by atomic mass is 10.1. The number of hydrogen-bond acceptors (Lipinski definition) is 6. The largest absolute Gasteiger partial charge is 0.306 e. The molecule has 160 valence electrons. The molecule has 1 N–H and O–H groups in total. The Morgan fingerprint density at radius 2 is 1.87 bits per heavy atom. The van der Waals surface area contributed by atoms with E-state index in [0.29, 0.717) is 41.4 Å². The van der Waals surface area contributed by atoms with Gasteiger partial charge in [-0.3, -0.25) is 19.2 Å². The third-order valence-electron chi connectivity index (χ3n) is 4.97. The van der Waals surface area contributed by atoms with E-state index in [2.05, 4.69) is 10.4 Å². The molecule has 0 radical (unpaired) electrons. The fraction of sp³-hybridized carbons (Fsp3) is 0.200. The highest BCUT2D eigenvalue weighted by atomic mass is 32.2. The standard InChI is InChI=1S/C20H19N5O5S/c1-13-11-19(24(22-13)16-4-6-17(7-5-16)25(27)28)21-20(26)15-3-8-18-14(12-15)9-10-23(18)31(2,29)30/h3-8,11-12H,9-10H2,1-2H3,(H,21,26). The van der Waals surface area contributed by atoms with Gasteiger partial charge in [0, 0.05) is 30.3 Å². The van der Waals surface area contributed by atoms with E-state index in [1.165, 1.54) is 21.1 Å². The van der Waals surface area contributed by atoms with Crippen LogP contribution in [0, 0.1) is 17.0 Å². The van der Waals surface area contributed by atoms with E-state index in [9.17, 15) is 23.3 Å². The van der Waals surface area contributed by atoms with Crippen molar-refractivity contribution in [1.82, 2.24) is 9.78 Å². The van der Waals surface area contributed by atoms with Gasteiger partial charge < -0.3 is 5.32 Å². The first-order chi connectivity index (χ1) is 14.6. The zero-order valence-electron chi connectivity index (χ0n) is 16.8. The fourth-order valence-corrected chi connectivity index (χ4v) is 4.50. The Balaban J connectivity index is 1.60. The van der Waals surface area contributed by atoms with Crippen molar-refractivity contribution < 1.29 is 18.1 Å². The van der Waals surface area contributed by atoms with E-state index >= 15 is 0 Å². The minimum Gasteiger partial charge on any atom is -0.306 e. The Labute approximate surface area is 178 Å². The molecule has 0 saturated carbocycles. The average molecular weight is 441 g/mol. The minimum atomic E-state index is -3.36. The van der Waals surface area contributed by atoms with Crippen LogP contribution in [0.15, 0.2) is 48.5 Å². The number of hydrogen-bond donors (Lipinski definition) is 1. The van der Waals surface area contributed by atoms with Crippen molar-refractivity contribution in [1.29, 1.82) is 0 Å². The maximum atomic E-state index is 12.9. The van der Waals surface area contributed by atoms with Gasteiger partial charge in [-0.05, 0) is 49.2 Å². The number of amides is 1. The number of non-ortho nitro benzene ring substituents is 1. The van der Waals surface area contributed by atoms with Crippen LogP contribution < -0.4 is 9.62 Å². The lowest BCUT2D eigenvalue weighted by Gasteiger charge is -2.16. The van der Waals surface area contributed by atoms with Crippen molar-refractivity contribution >= 4 is 33.1 Å². The van der Waals surface area contributed by atoms with Gasteiger partial charge in [-0.25, -0.2) is 13.1 Å². The number of nitrogens with zero attached hydrogens (tertiary/aromatic N) is 4. The number of nitrogens with one attached hydrogen (secondary N) is 1. The van der Waals surface area contributed by atoms with Gasteiger partial charge in [0.25, 0.3) is 11.6 Å². The summed E-state index contributed by atoms with van der Waals surface area (Å²) in [6.45, 7) is 2.12. The normalized spacial score (nSPS) is 13.2. The summed E-state index contributed by atoms with van der Waals surface area (Å²) < 4.78 is 26.6. The fourth-order valence-electron chi connectivity index (χ4n) is 3.55. The molecular formula is C20H19N5O5S. The molecule has 0 bridgehead atoms. The van der Waals surface area contributed by atoms with E-state index in [1.54, 1.807) is 43.3 Å². The number of anilines is 2. The van der Waals surface area contributed by atoms with Crippen LogP contribution in [0.25, 0.3) is 5.69 Å². The second-order valence-electron chi connectivity index (χ2n) is 7.24. The van der Waals surface area contributed by atoms with Crippen molar-refractivity contribution in [2.75, 3.05) is 22.4 Å². The van der Waals surface area contributed by atoms with Crippen LogP contribution in [0.4, 0.5) is 17.2 Å². The van der Waals surface area contributed by atoms with Crippen LogP contribution in [-0.2, 0) is 16.4 Å². The van der Waals surface area contributed by atoms with Gasteiger partial charge in [0.15, 0.2) is 0 Å². The second-order valence-corrected chi connectivity index (χ2v) is 9.15. The van der Waals surface area contributed by atoms with Crippen LogP contribution in [0.5, 0.6) is 0 Å². The summed E-state index contributed by atoms with van der Waals surface area (Å²) >= 11 is 0. The molecule has 1 amide bonds. The maximum Gasteiger partial charge on any atom is 0.269 e. The topological polar surface area (TPSA) is 127 Å². The first-order valence-electron chi connectivity index (χ1n) is 9.37. The minimum absolute atomic E-state index is 0.0421. The van der Waals surface area contributed by atoms with Crippen LogP contribution in [0.1, 0.15) is 21.6 Å². The average Bonchev–Trinajstić information content (AvgIpc) is 3.30. The third kappa shape index (κ3) is 3.99. The Hall–Kier alpha value is -3.73. The van der Waals surface area contributed by atoms with Gasteiger partial charge in [0.1, 0.15) is 5.82 Å². The quantitative estimate of drug-likeness (QED) is 0.479. The first kappa shape index (κ1) is 20.5. The van der Waals surface area contributed by atoms with E-state index in [-0.39, 0.29) is 11.6 Å². The smallest absolute Gasteiger partial charge is 0.269 e. The highest BCUT2D eigenvalue weighted by Gasteiger charge is 2.27. The zero-order valence-corrected chi connectivity index (χ0v) is 17.6. The molecule has 1 aliphatic heterocycles. The molecule has 0 saturated heterocycles. The SMILES string of the molecule is Cc1cc(NC(=O)c2ccc3c(c2)CCN3S(C)(=O)=O)n(-c2ccc([N+](=O)[O-])cc2)n1. The van der Waals surface area contributed by atoms with E-state index in [1.807, 2.05) is 0 Å². The lowest BCUT2D eigenvalue weighted by molar-refractivity contribution is -0.384. The van der Waals surface area contributed by atoms with Crippen molar-refractivity contribution in [2.45, 2.75) is 13.3 Å². The third-order valence-corrected chi connectivity index (χ3v) is 6.15. The van der Waals surface area contributed by atoms with Crippen molar-refractivity contribution in [3.8, 4) is 5.69 Å². The Bertz CT molecular complexity index is 1300. The molecule has 0 fully saturated rings. The summed E-state index contributed by atoms with van der Waals surface area (Å²) in [5.74, 6) is 0.0401. The summed E-state index contributed by atoms with van der Waals surface area (Å²) in [6, 6.07) is 12.4. The van der Waals surface area contributed by atoms with Crippen molar-refractivity contribution in [3.05, 3.63) is 75.5 Å². The zero-order chi connectivity index (χ0) is 22.3. The molecule has 1 aromatic heterocycles. The van der Waals surface area contributed by atoms with Crippen LogP contribution >= 0.6 is 0 Å². The number of carbonyl (C=O) groups is 1. The summed E-state index contributed by atoms with van der Waals surface area (Å²) in [5.41, 5.74) is 2.95. The molecule has 10 nitrogen and oxygen atoms in total.